The van der Waals surface area contributed by atoms with Gasteiger partial charge in [0.15, 0.2) is 0 Å². The number of rotatable bonds is 3. The zero-order valence-corrected chi connectivity index (χ0v) is 9.75. The van der Waals surface area contributed by atoms with Crippen molar-refractivity contribution in [3.05, 3.63) is 48.6 Å². The van der Waals surface area contributed by atoms with Crippen LogP contribution >= 0.6 is 11.8 Å². The van der Waals surface area contributed by atoms with E-state index < -0.39 is 0 Å². The molecule has 1 aliphatic heterocycles. The van der Waals surface area contributed by atoms with Gasteiger partial charge in [-0.2, -0.15) is 11.8 Å². The van der Waals surface area contributed by atoms with Crippen LogP contribution in [0.25, 0.3) is 0 Å². The maximum atomic E-state index is 3.96. The number of hydrogen-bond acceptors (Lipinski definition) is 2. The molecule has 2 heteroatoms. The Morgan fingerprint density at radius 2 is 1.87 bits per heavy atom. The molecule has 80 valence electrons. The van der Waals surface area contributed by atoms with Crippen LogP contribution in [0.2, 0.25) is 0 Å². The summed E-state index contributed by atoms with van der Waals surface area (Å²) in [6.07, 6.45) is 2.06. The highest BCUT2D eigenvalue weighted by Crippen LogP contribution is 2.24. The highest BCUT2D eigenvalue weighted by atomic mass is 32.2. The summed E-state index contributed by atoms with van der Waals surface area (Å²) in [7, 11) is 0. The normalized spacial score (nSPS) is 19.7. The van der Waals surface area contributed by atoms with Gasteiger partial charge in [-0.1, -0.05) is 36.4 Å². The molecule has 0 bridgehead atoms. The van der Waals surface area contributed by atoms with E-state index >= 15 is 0 Å². The summed E-state index contributed by atoms with van der Waals surface area (Å²) in [5, 5.41) is 0. The van der Waals surface area contributed by atoms with Crippen molar-refractivity contribution in [3.63, 3.8) is 0 Å². The zero-order chi connectivity index (χ0) is 10.5. The van der Waals surface area contributed by atoms with Gasteiger partial charge in [-0.3, -0.25) is 4.90 Å². The largest absolute Gasteiger partial charge is 0.291 e. The standard InChI is InChI=1S/C13H17NS/c1-2-13(12-6-4-3-5-7-12)14-8-10-15-11-9-14/h2-7,13H,1,8-11H2/t13-/m1/s1. The first-order valence-corrected chi connectivity index (χ1v) is 6.56. The second-order valence-electron chi connectivity index (χ2n) is 3.74. The van der Waals surface area contributed by atoms with E-state index in [0.29, 0.717) is 6.04 Å². The topological polar surface area (TPSA) is 3.24 Å². The minimum Gasteiger partial charge on any atom is -0.291 e. The van der Waals surface area contributed by atoms with Crippen molar-refractivity contribution in [3.8, 4) is 0 Å². The van der Waals surface area contributed by atoms with E-state index in [-0.39, 0.29) is 0 Å². The van der Waals surface area contributed by atoms with Gasteiger partial charge in [0.2, 0.25) is 0 Å². The van der Waals surface area contributed by atoms with Crippen molar-refractivity contribution in [2.75, 3.05) is 24.6 Å². The molecule has 1 fully saturated rings. The molecule has 1 aromatic carbocycles. The van der Waals surface area contributed by atoms with Crippen LogP contribution in [0.1, 0.15) is 11.6 Å². The molecule has 0 N–H and O–H groups in total. The molecule has 1 aromatic rings. The second-order valence-corrected chi connectivity index (χ2v) is 4.96. The fourth-order valence-corrected chi connectivity index (χ4v) is 2.93. The molecular weight excluding hydrogens is 202 g/mol. The smallest absolute Gasteiger partial charge is 0.0529 e. The van der Waals surface area contributed by atoms with E-state index in [1.54, 1.807) is 0 Å². The third-order valence-corrected chi connectivity index (χ3v) is 3.75. The summed E-state index contributed by atoms with van der Waals surface area (Å²) < 4.78 is 0. The molecule has 0 spiro atoms. The molecule has 0 aliphatic carbocycles. The highest BCUT2D eigenvalue weighted by molar-refractivity contribution is 7.99. The fourth-order valence-electron chi connectivity index (χ4n) is 2.00. The molecule has 0 aromatic heterocycles. The molecule has 15 heavy (non-hydrogen) atoms. The van der Waals surface area contributed by atoms with Crippen LogP contribution < -0.4 is 0 Å². The molecular formula is C13H17NS. The molecule has 1 heterocycles. The van der Waals surface area contributed by atoms with Crippen LogP contribution in [0.15, 0.2) is 43.0 Å². The number of nitrogens with zero attached hydrogens (tertiary/aromatic N) is 1. The summed E-state index contributed by atoms with van der Waals surface area (Å²) in [6.45, 7) is 6.32. The van der Waals surface area contributed by atoms with Gasteiger partial charge in [-0.05, 0) is 5.56 Å². The number of hydrogen-bond donors (Lipinski definition) is 0. The maximum Gasteiger partial charge on any atom is 0.0529 e. The SMILES string of the molecule is C=C[C@H](c1ccccc1)N1CCSCC1. The molecule has 1 aliphatic rings. The van der Waals surface area contributed by atoms with Crippen molar-refractivity contribution in [1.29, 1.82) is 0 Å². The van der Waals surface area contributed by atoms with E-state index in [0.717, 1.165) is 0 Å². The Morgan fingerprint density at radius 3 is 2.47 bits per heavy atom. The summed E-state index contributed by atoms with van der Waals surface area (Å²) in [5.41, 5.74) is 1.36. The average molecular weight is 219 g/mol. The van der Waals surface area contributed by atoms with Gasteiger partial charge in [0.25, 0.3) is 0 Å². The van der Waals surface area contributed by atoms with Gasteiger partial charge in [0.1, 0.15) is 0 Å². The van der Waals surface area contributed by atoms with Crippen molar-refractivity contribution in [2.45, 2.75) is 6.04 Å². The predicted octanol–water partition coefficient (Wildman–Crippen LogP) is 2.96. The van der Waals surface area contributed by atoms with Crippen LogP contribution in [-0.2, 0) is 0 Å². The second kappa shape index (κ2) is 5.38. The number of thioether (sulfide) groups is 1. The van der Waals surface area contributed by atoms with Gasteiger partial charge >= 0.3 is 0 Å². The quantitative estimate of drug-likeness (QED) is 0.719. The lowest BCUT2D eigenvalue weighted by Gasteiger charge is -2.32. The molecule has 0 saturated carbocycles. The van der Waals surface area contributed by atoms with Crippen molar-refractivity contribution < 1.29 is 0 Å². The first kappa shape index (κ1) is 10.8. The highest BCUT2D eigenvalue weighted by Gasteiger charge is 2.19. The molecule has 1 saturated heterocycles. The first-order chi connectivity index (χ1) is 7.42. The Kier molecular flexibility index (Phi) is 3.87. The van der Waals surface area contributed by atoms with Crippen LogP contribution in [-0.4, -0.2) is 29.5 Å². The monoisotopic (exact) mass is 219 g/mol. The van der Waals surface area contributed by atoms with Crippen LogP contribution in [0, 0.1) is 0 Å². The van der Waals surface area contributed by atoms with Gasteiger partial charge in [0, 0.05) is 24.6 Å². The van der Waals surface area contributed by atoms with E-state index in [9.17, 15) is 0 Å². The molecule has 0 amide bonds. The molecule has 1 atom stereocenters. The number of benzene rings is 1. The van der Waals surface area contributed by atoms with E-state index in [4.69, 9.17) is 0 Å². The lowest BCUT2D eigenvalue weighted by atomic mass is 10.1. The van der Waals surface area contributed by atoms with Crippen molar-refractivity contribution >= 4 is 11.8 Å². The molecule has 0 unspecified atom stereocenters. The minimum atomic E-state index is 0.395. The summed E-state index contributed by atoms with van der Waals surface area (Å²) in [4.78, 5) is 2.51. The molecule has 1 nitrogen and oxygen atoms in total. The van der Waals surface area contributed by atoms with Crippen LogP contribution in [0.5, 0.6) is 0 Å². The zero-order valence-electron chi connectivity index (χ0n) is 8.93. The van der Waals surface area contributed by atoms with Crippen molar-refractivity contribution in [2.24, 2.45) is 0 Å². The van der Waals surface area contributed by atoms with E-state index in [2.05, 4.69) is 47.9 Å². The fraction of sp³-hybridized carbons (Fsp3) is 0.385. The van der Waals surface area contributed by atoms with Gasteiger partial charge in [-0.15, -0.1) is 6.58 Å². The Hall–Kier alpha value is -0.730. The van der Waals surface area contributed by atoms with E-state index in [1.165, 1.54) is 30.2 Å². The first-order valence-electron chi connectivity index (χ1n) is 5.41. The Morgan fingerprint density at radius 1 is 1.20 bits per heavy atom. The predicted molar refractivity (Wildman–Crippen MR) is 68.3 cm³/mol. The van der Waals surface area contributed by atoms with E-state index in [1.807, 2.05) is 11.8 Å². The van der Waals surface area contributed by atoms with Gasteiger partial charge in [0.05, 0.1) is 6.04 Å². The minimum absolute atomic E-state index is 0.395. The van der Waals surface area contributed by atoms with Crippen LogP contribution in [0.3, 0.4) is 0 Å². The average Bonchev–Trinajstić information content (AvgIpc) is 2.33. The summed E-state index contributed by atoms with van der Waals surface area (Å²) >= 11 is 2.05. The Balaban J connectivity index is 2.12. The Labute approximate surface area is 96.2 Å². The molecule has 2 rings (SSSR count). The Bertz CT molecular complexity index is 304. The van der Waals surface area contributed by atoms with Gasteiger partial charge in [-0.25, -0.2) is 0 Å². The van der Waals surface area contributed by atoms with Gasteiger partial charge < -0.3 is 0 Å². The van der Waals surface area contributed by atoms with Crippen molar-refractivity contribution in [1.82, 2.24) is 4.90 Å². The summed E-state index contributed by atoms with van der Waals surface area (Å²) in [6, 6.07) is 11.0. The third kappa shape index (κ3) is 2.64. The summed E-state index contributed by atoms with van der Waals surface area (Å²) in [5.74, 6) is 2.49. The third-order valence-electron chi connectivity index (χ3n) is 2.80. The van der Waals surface area contributed by atoms with Crippen LogP contribution in [0.4, 0.5) is 0 Å². The maximum absolute atomic E-state index is 3.96. The molecule has 0 radical (unpaired) electrons. The lowest BCUT2D eigenvalue weighted by Crippen LogP contribution is -2.35. The lowest BCUT2D eigenvalue weighted by molar-refractivity contribution is 0.256.